The van der Waals surface area contributed by atoms with E-state index in [9.17, 15) is 5.11 Å². The minimum atomic E-state index is 0.381. The van der Waals surface area contributed by atoms with Crippen LogP contribution in [0, 0.1) is 6.42 Å². The first-order valence-electron chi connectivity index (χ1n) is 3.68. The second-order valence-electron chi connectivity index (χ2n) is 2.65. The van der Waals surface area contributed by atoms with E-state index in [0.717, 1.165) is 12.0 Å². The quantitative estimate of drug-likeness (QED) is 0.592. The Hall–Kier alpha value is -1.24. The average Bonchev–Trinajstić information content (AvgIpc) is 2.06. The SMILES string of the molecule is Oc1cccc2c1[CH]C=CC2. The van der Waals surface area contributed by atoms with Gasteiger partial charge in [-0.3, -0.25) is 0 Å². The maximum atomic E-state index is 9.39. The highest BCUT2D eigenvalue weighted by Gasteiger charge is 2.07. The van der Waals surface area contributed by atoms with Gasteiger partial charge in [-0.25, -0.2) is 0 Å². The number of aromatic hydroxyl groups is 1. The summed E-state index contributed by atoms with van der Waals surface area (Å²) in [6.07, 6.45) is 6.93. The number of hydrogen-bond donors (Lipinski definition) is 1. The fraction of sp³-hybridized carbons (Fsp3) is 0.100. The molecule has 1 heteroatoms. The van der Waals surface area contributed by atoms with Gasteiger partial charge >= 0.3 is 0 Å². The molecule has 0 saturated carbocycles. The third kappa shape index (κ3) is 1.03. The van der Waals surface area contributed by atoms with Crippen LogP contribution in [-0.4, -0.2) is 5.11 Å². The van der Waals surface area contributed by atoms with Crippen LogP contribution in [0.4, 0.5) is 0 Å². The molecule has 11 heavy (non-hydrogen) atoms. The minimum Gasteiger partial charge on any atom is -0.508 e. The standard InChI is InChI=1S/C10H9O/c11-10-7-3-5-8-4-1-2-6-9(8)10/h1-3,5-7,11H,4H2. The number of fused-ring (bicyclic) bond motifs is 1. The smallest absolute Gasteiger partial charge is 0.119 e. The van der Waals surface area contributed by atoms with Gasteiger partial charge in [0.25, 0.3) is 0 Å². The van der Waals surface area contributed by atoms with Gasteiger partial charge in [0.2, 0.25) is 0 Å². The zero-order valence-corrected chi connectivity index (χ0v) is 6.12. The molecule has 0 saturated heterocycles. The first-order valence-corrected chi connectivity index (χ1v) is 3.68. The van der Waals surface area contributed by atoms with Crippen LogP contribution in [0.1, 0.15) is 11.1 Å². The van der Waals surface area contributed by atoms with Crippen molar-refractivity contribution in [2.45, 2.75) is 6.42 Å². The summed E-state index contributed by atoms with van der Waals surface area (Å²) in [7, 11) is 0. The molecule has 2 rings (SSSR count). The molecule has 1 aliphatic rings. The topological polar surface area (TPSA) is 20.2 Å². The van der Waals surface area contributed by atoms with Gasteiger partial charge in [0.15, 0.2) is 0 Å². The predicted octanol–water partition coefficient (Wildman–Crippen LogP) is 2.06. The van der Waals surface area contributed by atoms with Gasteiger partial charge in [0.1, 0.15) is 5.75 Å². The first-order chi connectivity index (χ1) is 5.38. The van der Waals surface area contributed by atoms with Crippen LogP contribution in [0.25, 0.3) is 0 Å². The number of phenols is 1. The van der Waals surface area contributed by atoms with Crippen molar-refractivity contribution in [3.05, 3.63) is 47.9 Å². The third-order valence-corrected chi connectivity index (χ3v) is 1.91. The predicted molar refractivity (Wildman–Crippen MR) is 44.4 cm³/mol. The summed E-state index contributed by atoms with van der Waals surface area (Å²) in [5.74, 6) is 0.381. The Morgan fingerprint density at radius 3 is 3.00 bits per heavy atom. The molecular formula is C10H9O. The second-order valence-corrected chi connectivity index (χ2v) is 2.65. The average molecular weight is 145 g/mol. The van der Waals surface area contributed by atoms with Crippen molar-refractivity contribution in [2.24, 2.45) is 0 Å². The van der Waals surface area contributed by atoms with Crippen molar-refractivity contribution in [3.63, 3.8) is 0 Å². The first kappa shape index (κ1) is 6.47. The maximum Gasteiger partial charge on any atom is 0.119 e. The molecule has 55 valence electrons. The molecule has 0 bridgehead atoms. The molecule has 1 aliphatic carbocycles. The van der Waals surface area contributed by atoms with E-state index in [2.05, 4.69) is 6.08 Å². The molecule has 0 atom stereocenters. The van der Waals surface area contributed by atoms with Crippen molar-refractivity contribution in [3.8, 4) is 5.75 Å². The van der Waals surface area contributed by atoms with Crippen LogP contribution in [0.3, 0.4) is 0 Å². The normalized spacial score (nSPS) is 14.5. The van der Waals surface area contributed by atoms with E-state index in [4.69, 9.17) is 0 Å². The highest BCUT2D eigenvalue weighted by molar-refractivity contribution is 5.49. The maximum absolute atomic E-state index is 9.39. The van der Waals surface area contributed by atoms with Crippen LogP contribution < -0.4 is 0 Å². The molecule has 1 nitrogen and oxygen atoms in total. The fourth-order valence-electron chi connectivity index (χ4n) is 1.33. The van der Waals surface area contributed by atoms with Gasteiger partial charge in [-0.05, 0) is 18.1 Å². The Morgan fingerprint density at radius 2 is 2.18 bits per heavy atom. The molecule has 0 aliphatic heterocycles. The Balaban J connectivity index is 2.54. The van der Waals surface area contributed by atoms with Gasteiger partial charge in [-0.1, -0.05) is 24.3 Å². The summed E-state index contributed by atoms with van der Waals surface area (Å²) in [6.45, 7) is 0. The summed E-state index contributed by atoms with van der Waals surface area (Å²) < 4.78 is 0. The van der Waals surface area contributed by atoms with Crippen molar-refractivity contribution < 1.29 is 5.11 Å². The van der Waals surface area contributed by atoms with Crippen LogP contribution in [0.5, 0.6) is 5.75 Å². The number of benzene rings is 1. The summed E-state index contributed by atoms with van der Waals surface area (Å²) in [6, 6.07) is 5.63. The van der Waals surface area contributed by atoms with E-state index in [1.54, 1.807) is 6.07 Å². The van der Waals surface area contributed by atoms with Gasteiger partial charge in [0, 0.05) is 12.0 Å². The molecule has 1 aromatic carbocycles. The van der Waals surface area contributed by atoms with Crippen LogP contribution in [-0.2, 0) is 6.42 Å². The third-order valence-electron chi connectivity index (χ3n) is 1.91. The minimum absolute atomic E-state index is 0.381. The van der Waals surface area contributed by atoms with Gasteiger partial charge < -0.3 is 5.11 Å². The lowest BCUT2D eigenvalue weighted by molar-refractivity contribution is 0.471. The highest BCUT2D eigenvalue weighted by Crippen LogP contribution is 2.26. The summed E-state index contributed by atoms with van der Waals surface area (Å²) >= 11 is 0. The monoisotopic (exact) mass is 145 g/mol. The zero-order chi connectivity index (χ0) is 7.68. The second kappa shape index (κ2) is 2.42. The van der Waals surface area contributed by atoms with Crippen LogP contribution in [0.2, 0.25) is 0 Å². The summed E-state index contributed by atoms with van der Waals surface area (Å²) in [5, 5.41) is 9.39. The van der Waals surface area contributed by atoms with Crippen molar-refractivity contribution >= 4 is 0 Å². The van der Waals surface area contributed by atoms with Crippen LogP contribution >= 0.6 is 0 Å². The Kier molecular flexibility index (Phi) is 1.42. The van der Waals surface area contributed by atoms with E-state index in [1.165, 1.54) is 5.56 Å². The van der Waals surface area contributed by atoms with Crippen molar-refractivity contribution in [1.82, 2.24) is 0 Å². The molecule has 1 radical (unpaired) electrons. The van der Waals surface area contributed by atoms with E-state index >= 15 is 0 Å². The molecule has 0 fully saturated rings. The lowest BCUT2D eigenvalue weighted by atomic mass is 9.96. The van der Waals surface area contributed by atoms with E-state index in [-0.39, 0.29) is 0 Å². The molecule has 0 amide bonds. The van der Waals surface area contributed by atoms with E-state index in [1.807, 2.05) is 24.6 Å². The van der Waals surface area contributed by atoms with Crippen LogP contribution in [0.15, 0.2) is 30.4 Å². The Bertz CT molecular complexity index is 300. The van der Waals surface area contributed by atoms with Gasteiger partial charge in [-0.15, -0.1) is 0 Å². The Labute approximate surface area is 66.0 Å². The highest BCUT2D eigenvalue weighted by atomic mass is 16.3. The van der Waals surface area contributed by atoms with Gasteiger partial charge in [-0.2, -0.15) is 0 Å². The molecule has 0 aromatic heterocycles. The van der Waals surface area contributed by atoms with E-state index in [0.29, 0.717) is 5.75 Å². The number of hydrogen-bond acceptors (Lipinski definition) is 1. The molecule has 0 heterocycles. The number of phenolic OH excluding ortho intramolecular Hbond substituents is 1. The molecule has 1 aromatic rings. The van der Waals surface area contributed by atoms with Gasteiger partial charge in [0.05, 0.1) is 0 Å². The molecule has 0 unspecified atom stereocenters. The molecular weight excluding hydrogens is 136 g/mol. The zero-order valence-electron chi connectivity index (χ0n) is 6.12. The number of allylic oxidation sites excluding steroid dienone is 2. The Morgan fingerprint density at radius 1 is 1.27 bits per heavy atom. The number of rotatable bonds is 0. The summed E-state index contributed by atoms with van der Waals surface area (Å²) in [5.41, 5.74) is 2.17. The summed E-state index contributed by atoms with van der Waals surface area (Å²) in [4.78, 5) is 0. The van der Waals surface area contributed by atoms with Crippen molar-refractivity contribution in [2.75, 3.05) is 0 Å². The van der Waals surface area contributed by atoms with E-state index < -0.39 is 0 Å². The molecule has 0 spiro atoms. The lowest BCUT2D eigenvalue weighted by Gasteiger charge is -2.10. The lowest BCUT2D eigenvalue weighted by Crippen LogP contribution is -1.94. The largest absolute Gasteiger partial charge is 0.508 e. The van der Waals surface area contributed by atoms with Crippen molar-refractivity contribution in [1.29, 1.82) is 0 Å². The fourth-order valence-corrected chi connectivity index (χ4v) is 1.33. The molecule has 1 N–H and O–H groups in total.